The van der Waals surface area contributed by atoms with E-state index < -0.39 is 0 Å². The lowest BCUT2D eigenvalue weighted by Gasteiger charge is -2.13. The van der Waals surface area contributed by atoms with Crippen LogP contribution in [0.25, 0.3) is 5.95 Å². The number of halogens is 1. The van der Waals surface area contributed by atoms with Gasteiger partial charge in [0.25, 0.3) is 5.95 Å². The van der Waals surface area contributed by atoms with E-state index in [1.807, 2.05) is 17.8 Å². The maximum absolute atomic E-state index is 5.98. The third-order valence-corrected chi connectivity index (χ3v) is 4.83. The lowest BCUT2D eigenvalue weighted by molar-refractivity contribution is 0.733. The van der Waals surface area contributed by atoms with E-state index in [4.69, 9.17) is 11.6 Å². The van der Waals surface area contributed by atoms with Crippen LogP contribution in [0, 0.1) is 0 Å². The minimum atomic E-state index is 0.176. The van der Waals surface area contributed by atoms with Crippen LogP contribution in [0.3, 0.4) is 0 Å². The van der Waals surface area contributed by atoms with Crippen molar-refractivity contribution >= 4 is 29.3 Å². The van der Waals surface area contributed by atoms with Crippen LogP contribution < -0.4 is 5.32 Å². The van der Waals surface area contributed by atoms with Gasteiger partial charge < -0.3 is 5.32 Å². The van der Waals surface area contributed by atoms with E-state index in [1.165, 1.54) is 12.2 Å². The van der Waals surface area contributed by atoms with E-state index >= 15 is 0 Å². The van der Waals surface area contributed by atoms with Gasteiger partial charge in [-0.2, -0.15) is 31.8 Å². The highest BCUT2D eigenvalue weighted by molar-refractivity contribution is 7.99. The summed E-state index contributed by atoms with van der Waals surface area (Å²) in [6.45, 7) is 2.20. The third-order valence-electron chi connectivity index (χ3n) is 3.43. The molecule has 1 fully saturated rings. The third kappa shape index (κ3) is 3.65. The molecule has 1 aliphatic rings. The molecule has 2 unspecified atom stereocenters. The molecule has 0 spiro atoms. The van der Waals surface area contributed by atoms with E-state index in [2.05, 4.69) is 32.3 Å². The summed E-state index contributed by atoms with van der Waals surface area (Å²) in [6.07, 6.45) is 6.96. The molecule has 3 rings (SSSR count). The Morgan fingerprint density at radius 1 is 1.38 bits per heavy atom. The Balaban J connectivity index is 1.71. The lowest BCUT2D eigenvalue weighted by atomic mass is 10.2. The van der Waals surface area contributed by atoms with Gasteiger partial charge in [-0.25, -0.2) is 4.68 Å². The number of hydrogen-bond acceptors (Lipinski definition) is 6. The van der Waals surface area contributed by atoms with Gasteiger partial charge in [-0.15, -0.1) is 0 Å². The summed E-state index contributed by atoms with van der Waals surface area (Å²) in [5, 5.41) is 8.39. The molecule has 112 valence electrons. The first-order valence-electron chi connectivity index (χ1n) is 7.04. The van der Waals surface area contributed by atoms with E-state index in [1.54, 1.807) is 17.1 Å². The van der Waals surface area contributed by atoms with Crippen LogP contribution in [0.5, 0.6) is 0 Å². The molecule has 0 radical (unpaired) electrons. The first kappa shape index (κ1) is 14.6. The molecule has 2 atom stereocenters. The van der Waals surface area contributed by atoms with E-state index in [0.29, 0.717) is 17.9 Å². The highest BCUT2D eigenvalue weighted by atomic mass is 35.5. The predicted octanol–water partition coefficient (Wildman–Crippen LogP) is 2.80. The number of rotatable bonds is 5. The normalized spacial score (nSPS) is 21.6. The topological polar surface area (TPSA) is 68.5 Å². The minimum Gasteiger partial charge on any atom is -0.351 e. The number of aromatic nitrogens is 5. The quantitative estimate of drug-likeness (QED) is 0.912. The zero-order chi connectivity index (χ0) is 14.7. The molecule has 1 N–H and O–H groups in total. The van der Waals surface area contributed by atoms with Crippen molar-refractivity contribution in [3.8, 4) is 5.95 Å². The zero-order valence-electron chi connectivity index (χ0n) is 11.7. The average molecular weight is 325 g/mol. The van der Waals surface area contributed by atoms with Crippen LogP contribution in [0.4, 0.5) is 5.95 Å². The fraction of sp³-hybridized carbons (Fsp3) is 0.538. The predicted molar refractivity (Wildman–Crippen MR) is 85.1 cm³/mol. The Labute approximate surface area is 132 Å². The van der Waals surface area contributed by atoms with Gasteiger partial charge >= 0.3 is 0 Å². The van der Waals surface area contributed by atoms with Gasteiger partial charge in [0, 0.05) is 23.7 Å². The number of thioether (sulfide) groups is 1. The second-order valence-corrected chi connectivity index (χ2v) is 6.83. The van der Waals surface area contributed by atoms with Gasteiger partial charge in [0.2, 0.25) is 11.2 Å². The molecular formula is C13H17ClN6S. The van der Waals surface area contributed by atoms with Crippen molar-refractivity contribution in [2.24, 2.45) is 0 Å². The highest BCUT2D eigenvalue weighted by Gasteiger charge is 2.25. The number of nitrogens with one attached hydrogen (secondary N) is 1. The maximum atomic E-state index is 5.98. The van der Waals surface area contributed by atoms with Gasteiger partial charge in [-0.1, -0.05) is 6.92 Å². The first-order chi connectivity index (χ1) is 10.2. The maximum Gasteiger partial charge on any atom is 0.256 e. The minimum absolute atomic E-state index is 0.176. The Morgan fingerprint density at radius 2 is 2.29 bits per heavy atom. The SMILES string of the molecule is CCSC1CCC(Nc2nc(Cl)nc(-n3cccn3)n2)C1. The molecule has 2 aromatic rings. The van der Waals surface area contributed by atoms with Crippen molar-refractivity contribution in [3.05, 3.63) is 23.7 Å². The molecule has 0 bridgehead atoms. The number of nitrogens with zero attached hydrogens (tertiary/aromatic N) is 5. The zero-order valence-corrected chi connectivity index (χ0v) is 13.3. The van der Waals surface area contributed by atoms with E-state index in [0.717, 1.165) is 18.1 Å². The first-order valence-corrected chi connectivity index (χ1v) is 8.47. The van der Waals surface area contributed by atoms with Crippen molar-refractivity contribution in [1.82, 2.24) is 24.7 Å². The Hall–Kier alpha value is -1.34. The molecule has 0 aromatic carbocycles. The summed E-state index contributed by atoms with van der Waals surface area (Å²) in [4.78, 5) is 12.6. The summed E-state index contributed by atoms with van der Waals surface area (Å²) in [5.41, 5.74) is 0. The van der Waals surface area contributed by atoms with Crippen LogP contribution in [-0.2, 0) is 0 Å². The van der Waals surface area contributed by atoms with Crippen LogP contribution in [-0.4, -0.2) is 41.8 Å². The average Bonchev–Trinajstić information content (AvgIpc) is 3.10. The van der Waals surface area contributed by atoms with Gasteiger partial charge in [0.1, 0.15) is 0 Å². The van der Waals surface area contributed by atoms with Crippen LogP contribution in [0.1, 0.15) is 26.2 Å². The van der Waals surface area contributed by atoms with Crippen LogP contribution in [0.2, 0.25) is 5.28 Å². The van der Waals surface area contributed by atoms with Crippen molar-refractivity contribution in [3.63, 3.8) is 0 Å². The summed E-state index contributed by atoms with van der Waals surface area (Å²) in [6, 6.07) is 2.21. The highest BCUT2D eigenvalue weighted by Crippen LogP contribution is 2.31. The summed E-state index contributed by atoms with van der Waals surface area (Å²) in [5.74, 6) is 2.12. The molecule has 0 saturated heterocycles. The smallest absolute Gasteiger partial charge is 0.256 e. The molecule has 0 amide bonds. The molecule has 6 nitrogen and oxygen atoms in total. The lowest BCUT2D eigenvalue weighted by Crippen LogP contribution is -2.19. The standard InChI is InChI=1S/C13H17ClN6S/c1-2-21-10-5-4-9(8-10)16-12-17-11(14)18-13(19-12)20-7-3-6-15-20/h3,6-7,9-10H,2,4-5,8H2,1H3,(H,16,17,18,19). The Bertz CT molecular complexity index is 590. The summed E-state index contributed by atoms with van der Waals surface area (Å²) >= 11 is 8.01. The van der Waals surface area contributed by atoms with Crippen LogP contribution in [0.15, 0.2) is 18.5 Å². The van der Waals surface area contributed by atoms with Gasteiger partial charge in [-0.3, -0.25) is 0 Å². The molecule has 2 aromatic heterocycles. The molecule has 8 heteroatoms. The molecule has 0 aliphatic heterocycles. The van der Waals surface area contributed by atoms with Crippen LogP contribution >= 0.6 is 23.4 Å². The monoisotopic (exact) mass is 324 g/mol. The molecule has 1 aliphatic carbocycles. The van der Waals surface area contributed by atoms with Gasteiger partial charge in [0.05, 0.1) is 0 Å². The number of hydrogen-bond donors (Lipinski definition) is 1. The molecule has 1 saturated carbocycles. The fourth-order valence-corrected chi connectivity index (χ4v) is 3.83. The molecule has 2 heterocycles. The van der Waals surface area contributed by atoms with E-state index in [-0.39, 0.29) is 5.28 Å². The summed E-state index contributed by atoms with van der Waals surface area (Å²) < 4.78 is 1.57. The number of anilines is 1. The van der Waals surface area contributed by atoms with Crippen molar-refractivity contribution in [2.75, 3.05) is 11.1 Å². The van der Waals surface area contributed by atoms with Crippen molar-refractivity contribution < 1.29 is 0 Å². The fourth-order valence-electron chi connectivity index (χ4n) is 2.53. The van der Waals surface area contributed by atoms with Crippen molar-refractivity contribution in [2.45, 2.75) is 37.5 Å². The molecule has 21 heavy (non-hydrogen) atoms. The Kier molecular flexibility index (Phi) is 4.60. The van der Waals surface area contributed by atoms with E-state index in [9.17, 15) is 0 Å². The largest absolute Gasteiger partial charge is 0.351 e. The second kappa shape index (κ2) is 6.62. The molecular weight excluding hydrogens is 308 g/mol. The second-order valence-electron chi connectivity index (χ2n) is 4.91. The Morgan fingerprint density at radius 3 is 3.05 bits per heavy atom. The van der Waals surface area contributed by atoms with Crippen molar-refractivity contribution in [1.29, 1.82) is 0 Å². The van der Waals surface area contributed by atoms with Gasteiger partial charge in [0.15, 0.2) is 0 Å². The summed E-state index contributed by atoms with van der Waals surface area (Å²) in [7, 11) is 0. The van der Waals surface area contributed by atoms with Gasteiger partial charge in [-0.05, 0) is 42.7 Å².